The second kappa shape index (κ2) is 15.5. The van der Waals surface area contributed by atoms with Gasteiger partial charge in [-0.2, -0.15) is 13.2 Å². The molecule has 44 heavy (non-hydrogen) atoms. The third-order valence-corrected chi connectivity index (χ3v) is 7.34. The summed E-state index contributed by atoms with van der Waals surface area (Å²) in [5.41, 5.74) is 6.11. The highest BCUT2D eigenvalue weighted by molar-refractivity contribution is 6.30. The average molecular weight is 631 g/mol. The van der Waals surface area contributed by atoms with Crippen LogP contribution in [0.2, 0.25) is 5.02 Å². The number of hydrogen-bond donors (Lipinski definition) is 3. The van der Waals surface area contributed by atoms with E-state index in [-0.39, 0.29) is 49.6 Å². The molecule has 1 aliphatic rings. The van der Waals surface area contributed by atoms with Gasteiger partial charge in [-0.3, -0.25) is 19.2 Å². The van der Waals surface area contributed by atoms with Crippen molar-refractivity contribution in [2.24, 2.45) is 5.73 Å². The van der Waals surface area contributed by atoms with Crippen molar-refractivity contribution in [2.45, 2.75) is 57.4 Å². The number of halogens is 4. The van der Waals surface area contributed by atoms with Gasteiger partial charge in [-0.15, -0.1) is 0 Å². The van der Waals surface area contributed by atoms with E-state index in [0.717, 1.165) is 17.2 Å². The average Bonchev–Trinajstić information content (AvgIpc) is 2.99. The van der Waals surface area contributed by atoms with Gasteiger partial charge < -0.3 is 21.3 Å². The second-order valence-electron chi connectivity index (χ2n) is 10.2. The molecule has 2 aromatic rings. The molecule has 1 heterocycles. The predicted molar refractivity (Wildman–Crippen MR) is 163 cm³/mol. The van der Waals surface area contributed by atoms with Gasteiger partial charge in [0.05, 0.1) is 11.3 Å². The summed E-state index contributed by atoms with van der Waals surface area (Å²) in [7, 11) is 0. The van der Waals surface area contributed by atoms with Gasteiger partial charge in [-0.25, -0.2) is 0 Å². The molecule has 0 radical (unpaired) electrons. The van der Waals surface area contributed by atoms with Crippen molar-refractivity contribution >= 4 is 40.8 Å². The van der Waals surface area contributed by atoms with E-state index in [1.807, 2.05) is 18.2 Å². The maximum atomic E-state index is 13.6. The number of carbonyl (C=O) groups excluding carboxylic acids is 4. The first-order valence-electron chi connectivity index (χ1n) is 13.9. The highest BCUT2D eigenvalue weighted by Crippen LogP contribution is 2.36. The van der Waals surface area contributed by atoms with Crippen LogP contribution in [0.25, 0.3) is 0 Å². The molecular weight excluding hydrogens is 597 g/mol. The lowest BCUT2D eigenvalue weighted by molar-refractivity contribution is -0.143. The number of alkyl halides is 3. The van der Waals surface area contributed by atoms with Crippen LogP contribution in [0.1, 0.15) is 42.9 Å². The van der Waals surface area contributed by atoms with Gasteiger partial charge in [0, 0.05) is 30.8 Å². The number of anilines is 1. The molecular formula is C32H34ClF3N4O4. The zero-order valence-corrected chi connectivity index (χ0v) is 24.9. The zero-order valence-electron chi connectivity index (χ0n) is 24.1. The van der Waals surface area contributed by atoms with Gasteiger partial charge >= 0.3 is 6.18 Å². The molecule has 0 bridgehead atoms. The van der Waals surface area contributed by atoms with Crippen LogP contribution in [0.4, 0.5) is 18.9 Å². The molecule has 3 amide bonds. The number of nitrogens with zero attached hydrogens (tertiary/aromatic N) is 1. The fraction of sp³-hybridized carbons (Fsp3) is 0.312. The van der Waals surface area contributed by atoms with E-state index in [4.69, 9.17) is 17.3 Å². The highest BCUT2D eigenvalue weighted by Gasteiger charge is 2.37. The zero-order chi connectivity index (χ0) is 32.4. The molecule has 0 fully saturated rings. The van der Waals surface area contributed by atoms with E-state index in [9.17, 15) is 32.3 Å². The number of hydrogen-bond acceptors (Lipinski definition) is 5. The summed E-state index contributed by atoms with van der Waals surface area (Å²) in [5.74, 6) is -2.25. The lowest BCUT2D eigenvalue weighted by Gasteiger charge is -2.36. The molecule has 0 saturated carbocycles. The molecule has 12 heteroatoms. The molecule has 234 valence electrons. The topological polar surface area (TPSA) is 122 Å². The summed E-state index contributed by atoms with van der Waals surface area (Å²) in [5, 5.41) is 4.64. The van der Waals surface area contributed by atoms with Crippen molar-refractivity contribution in [1.82, 2.24) is 10.2 Å². The van der Waals surface area contributed by atoms with Crippen molar-refractivity contribution in [3.05, 3.63) is 101 Å². The quantitative estimate of drug-likeness (QED) is 0.222. The number of benzene rings is 2. The predicted octanol–water partition coefficient (Wildman–Crippen LogP) is 5.12. The summed E-state index contributed by atoms with van der Waals surface area (Å²) in [6.45, 7) is 5.25. The minimum absolute atomic E-state index is 0.0573. The number of amides is 3. The monoisotopic (exact) mass is 630 g/mol. The van der Waals surface area contributed by atoms with Crippen LogP contribution < -0.4 is 16.4 Å². The third-order valence-electron chi connectivity index (χ3n) is 7.10. The molecule has 0 aliphatic carbocycles. The molecule has 0 spiro atoms. The first-order valence-corrected chi connectivity index (χ1v) is 14.3. The van der Waals surface area contributed by atoms with Crippen LogP contribution in [0, 0.1) is 0 Å². The van der Waals surface area contributed by atoms with Crippen LogP contribution in [-0.4, -0.2) is 47.0 Å². The van der Waals surface area contributed by atoms with Crippen LogP contribution in [0.3, 0.4) is 0 Å². The Bertz CT molecular complexity index is 1470. The van der Waals surface area contributed by atoms with Crippen LogP contribution in [0.5, 0.6) is 0 Å². The van der Waals surface area contributed by atoms with Crippen LogP contribution in [0.15, 0.2) is 78.9 Å². The van der Waals surface area contributed by atoms with Crippen LogP contribution >= 0.6 is 11.6 Å². The molecule has 0 saturated heterocycles. The van der Waals surface area contributed by atoms with Crippen molar-refractivity contribution < 1.29 is 32.3 Å². The van der Waals surface area contributed by atoms with E-state index in [1.54, 1.807) is 37.3 Å². The highest BCUT2D eigenvalue weighted by atomic mass is 35.5. The first kappa shape index (κ1) is 34.3. The Morgan fingerprint density at radius 3 is 2.48 bits per heavy atom. The Morgan fingerprint density at radius 2 is 1.82 bits per heavy atom. The number of carbonyl (C=O) groups is 4. The fourth-order valence-electron chi connectivity index (χ4n) is 4.74. The second-order valence-corrected chi connectivity index (χ2v) is 10.7. The van der Waals surface area contributed by atoms with Gasteiger partial charge in [-0.1, -0.05) is 66.7 Å². The Hall–Kier alpha value is -4.22. The molecule has 4 N–H and O–H groups in total. The summed E-state index contributed by atoms with van der Waals surface area (Å²) in [6, 6.07) is 7.86. The van der Waals surface area contributed by atoms with E-state index in [0.29, 0.717) is 11.6 Å². The molecule has 8 nitrogen and oxygen atoms in total. The van der Waals surface area contributed by atoms with E-state index in [1.165, 1.54) is 11.0 Å². The number of rotatable bonds is 12. The number of nitrogens with one attached hydrogen (secondary N) is 2. The molecule has 2 aromatic carbocycles. The summed E-state index contributed by atoms with van der Waals surface area (Å²) >= 11 is 5.74. The maximum absolute atomic E-state index is 13.6. The van der Waals surface area contributed by atoms with Gasteiger partial charge in [-0.05, 0) is 54.8 Å². The van der Waals surface area contributed by atoms with Crippen molar-refractivity contribution in [2.75, 3.05) is 11.9 Å². The molecule has 1 aliphatic heterocycles. The molecule has 3 rings (SSSR count). The summed E-state index contributed by atoms with van der Waals surface area (Å²) < 4.78 is 40.7. The summed E-state index contributed by atoms with van der Waals surface area (Å²) in [6.07, 6.45) is 1.55. The Labute approximate surface area is 258 Å². The van der Waals surface area contributed by atoms with Crippen LogP contribution in [-0.2, 0) is 38.3 Å². The van der Waals surface area contributed by atoms with Gasteiger partial charge in [0.2, 0.25) is 17.7 Å². The van der Waals surface area contributed by atoms with Crippen molar-refractivity contribution in [3.8, 4) is 0 Å². The number of ketones is 1. The standard InChI is InChI=1S/C32H34ClF3N4O4/c1-3-4-5-8-20(2)28(41)13-14-29(42)40-19-22-10-7-6-9-21(22)17-27(40)31(44)39-26(15-16-37)30(43)38-25-12-11-23(33)18-24(25)32(34,35)36/h3-12,18,26-27H,1,13-17,19,37H2,2H3,(H,38,43)(H,39,44)/b5-4-,20-8+/t26-,27-/m0/s1. The third kappa shape index (κ3) is 9.14. The Morgan fingerprint density at radius 1 is 1.11 bits per heavy atom. The normalized spacial score (nSPS) is 15.8. The number of fused-ring (bicyclic) bond motifs is 1. The molecule has 2 atom stereocenters. The van der Waals surface area contributed by atoms with Gasteiger partial charge in [0.25, 0.3) is 0 Å². The van der Waals surface area contributed by atoms with Crippen molar-refractivity contribution in [1.29, 1.82) is 0 Å². The minimum Gasteiger partial charge on any atom is -0.342 e. The summed E-state index contributed by atoms with van der Waals surface area (Å²) in [4.78, 5) is 54.1. The van der Waals surface area contributed by atoms with Crippen molar-refractivity contribution in [3.63, 3.8) is 0 Å². The Kier molecular flexibility index (Phi) is 12.1. The lowest BCUT2D eigenvalue weighted by atomic mass is 9.92. The van der Waals surface area contributed by atoms with Gasteiger partial charge in [0.1, 0.15) is 12.1 Å². The smallest absolute Gasteiger partial charge is 0.342 e. The first-order chi connectivity index (χ1) is 20.8. The van der Waals surface area contributed by atoms with E-state index < -0.39 is 47.2 Å². The van der Waals surface area contributed by atoms with E-state index in [2.05, 4.69) is 17.2 Å². The number of nitrogens with two attached hydrogens (primary N) is 1. The number of allylic oxidation sites excluding steroid dienone is 5. The fourth-order valence-corrected chi connectivity index (χ4v) is 4.91. The SMILES string of the molecule is C=C/C=C\C=C(/C)C(=O)CCC(=O)N1Cc2ccccc2C[C@H]1C(=O)N[C@@H](CCN)C(=O)Nc1ccc(Cl)cc1C(F)(F)F. The largest absolute Gasteiger partial charge is 0.418 e. The van der Waals surface area contributed by atoms with Gasteiger partial charge in [0.15, 0.2) is 5.78 Å². The minimum atomic E-state index is -4.80. The molecule has 0 aromatic heterocycles. The lowest BCUT2D eigenvalue weighted by Crippen LogP contribution is -2.56. The Balaban J connectivity index is 1.80. The van der Waals surface area contributed by atoms with E-state index >= 15 is 0 Å². The maximum Gasteiger partial charge on any atom is 0.418 e. The molecule has 0 unspecified atom stereocenters. The number of Topliss-reactive ketones (excluding diaryl/α,β-unsaturated/α-hetero) is 1.